The molecule has 1 saturated carbocycles. The molecule has 1 unspecified atom stereocenters. The van der Waals surface area contributed by atoms with Crippen molar-refractivity contribution in [2.24, 2.45) is 0 Å². The summed E-state index contributed by atoms with van der Waals surface area (Å²) in [5, 5.41) is 10.4. The van der Waals surface area contributed by atoms with Crippen molar-refractivity contribution in [2.45, 2.75) is 51.1 Å². The second-order valence-corrected chi connectivity index (χ2v) is 6.17. The van der Waals surface area contributed by atoms with Gasteiger partial charge in [0.25, 0.3) is 0 Å². The molecule has 0 amide bonds. The normalized spacial score (nSPS) is 17.6. The number of hydrogen-bond donors (Lipinski definition) is 1. The minimum Gasteiger partial charge on any atom is -0.309 e. The highest BCUT2D eigenvalue weighted by atomic mass is 32.1. The molecule has 1 aliphatic carbocycles. The molecule has 4 nitrogen and oxygen atoms in total. The van der Waals surface area contributed by atoms with Gasteiger partial charge in [-0.2, -0.15) is 5.10 Å². The number of nitrogens with one attached hydrogen (secondary N) is 1. The van der Waals surface area contributed by atoms with E-state index in [4.69, 9.17) is 5.10 Å². The Bertz CT molecular complexity index is 514. The monoisotopic (exact) mass is 290 g/mol. The van der Waals surface area contributed by atoms with Gasteiger partial charge < -0.3 is 5.32 Å². The highest BCUT2D eigenvalue weighted by Crippen LogP contribution is 2.29. The molecule has 0 bridgehead atoms. The van der Waals surface area contributed by atoms with E-state index in [2.05, 4.69) is 39.5 Å². The summed E-state index contributed by atoms with van der Waals surface area (Å²) in [4.78, 5) is 4.44. The summed E-state index contributed by atoms with van der Waals surface area (Å²) < 4.78 is 2.17. The lowest BCUT2D eigenvalue weighted by Gasteiger charge is -2.14. The van der Waals surface area contributed by atoms with Gasteiger partial charge in [-0.05, 0) is 25.5 Å². The molecule has 0 saturated heterocycles. The highest BCUT2D eigenvalue weighted by Gasteiger charge is 2.19. The quantitative estimate of drug-likeness (QED) is 0.887. The molecule has 0 radical (unpaired) electrons. The van der Waals surface area contributed by atoms with Crippen LogP contribution in [-0.2, 0) is 6.42 Å². The van der Waals surface area contributed by atoms with E-state index in [0.29, 0.717) is 6.04 Å². The van der Waals surface area contributed by atoms with Crippen LogP contribution < -0.4 is 5.32 Å². The van der Waals surface area contributed by atoms with Gasteiger partial charge in [-0.1, -0.05) is 19.8 Å². The van der Waals surface area contributed by atoms with Crippen LogP contribution in [0.4, 0.5) is 0 Å². The third-order valence-corrected chi connectivity index (χ3v) is 4.64. The van der Waals surface area contributed by atoms with Crippen molar-refractivity contribution in [3.8, 4) is 0 Å². The van der Waals surface area contributed by atoms with E-state index in [1.54, 1.807) is 11.3 Å². The van der Waals surface area contributed by atoms with Gasteiger partial charge in [0.15, 0.2) is 0 Å². The predicted octanol–water partition coefficient (Wildman–Crippen LogP) is 3.35. The fourth-order valence-electron chi connectivity index (χ4n) is 2.99. The van der Waals surface area contributed by atoms with E-state index >= 15 is 0 Å². The number of likely N-dealkylation sites (N-methyl/N-ethyl adjacent to an activating group) is 1. The first-order valence-corrected chi connectivity index (χ1v) is 8.46. The zero-order chi connectivity index (χ0) is 13.8. The van der Waals surface area contributed by atoms with Crippen LogP contribution in [-0.4, -0.2) is 21.3 Å². The SMILES string of the molecule is CCNC(Cc1ccn(C2CCCC2)n1)c1cscn1. The van der Waals surface area contributed by atoms with Crippen LogP contribution in [0.25, 0.3) is 0 Å². The minimum absolute atomic E-state index is 0.276. The van der Waals surface area contributed by atoms with Gasteiger partial charge >= 0.3 is 0 Å². The predicted molar refractivity (Wildman–Crippen MR) is 82.0 cm³/mol. The Morgan fingerprint density at radius 2 is 2.30 bits per heavy atom. The van der Waals surface area contributed by atoms with Crippen LogP contribution in [0.2, 0.25) is 0 Å². The van der Waals surface area contributed by atoms with Crippen molar-refractivity contribution >= 4 is 11.3 Å². The molecule has 1 aliphatic rings. The standard InChI is InChI=1S/C15H22N4S/c1-2-16-14(15-10-20-11-17-15)9-12-7-8-19(18-12)13-5-3-4-6-13/h7-8,10-11,13-14,16H,2-6,9H2,1H3. The zero-order valence-electron chi connectivity index (χ0n) is 12.0. The molecule has 2 aromatic heterocycles. The average Bonchev–Trinajstić information content (AvgIpc) is 3.20. The van der Waals surface area contributed by atoms with Gasteiger partial charge in [0, 0.05) is 18.0 Å². The first kappa shape index (κ1) is 13.8. The van der Waals surface area contributed by atoms with E-state index in [9.17, 15) is 0 Å². The Balaban J connectivity index is 1.69. The van der Waals surface area contributed by atoms with Gasteiger partial charge in [0.05, 0.1) is 29.0 Å². The number of thiazole rings is 1. The van der Waals surface area contributed by atoms with E-state index in [0.717, 1.165) is 24.4 Å². The molecule has 5 heteroatoms. The van der Waals surface area contributed by atoms with Crippen molar-refractivity contribution in [3.05, 3.63) is 34.5 Å². The van der Waals surface area contributed by atoms with E-state index in [1.807, 2.05) is 5.51 Å². The lowest BCUT2D eigenvalue weighted by molar-refractivity contribution is 0.456. The molecule has 3 rings (SSSR count). The van der Waals surface area contributed by atoms with Crippen LogP contribution in [0.5, 0.6) is 0 Å². The third kappa shape index (κ3) is 3.10. The lowest BCUT2D eigenvalue weighted by Crippen LogP contribution is -2.23. The maximum atomic E-state index is 4.78. The maximum Gasteiger partial charge on any atom is 0.0795 e. The number of aromatic nitrogens is 3. The largest absolute Gasteiger partial charge is 0.309 e. The Morgan fingerprint density at radius 3 is 3.00 bits per heavy atom. The molecule has 2 heterocycles. The Labute approximate surface area is 124 Å². The van der Waals surface area contributed by atoms with E-state index < -0.39 is 0 Å². The lowest BCUT2D eigenvalue weighted by atomic mass is 10.1. The molecule has 0 aromatic carbocycles. The summed E-state index contributed by atoms with van der Waals surface area (Å²) in [6.07, 6.45) is 8.32. The van der Waals surface area contributed by atoms with Crippen molar-refractivity contribution < 1.29 is 0 Å². The molecule has 0 spiro atoms. The molecule has 1 fully saturated rings. The highest BCUT2D eigenvalue weighted by molar-refractivity contribution is 7.07. The Morgan fingerprint density at radius 1 is 1.45 bits per heavy atom. The summed E-state index contributed by atoms with van der Waals surface area (Å²) in [6.45, 7) is 3.09. The third-order valence-electron chi connectivity index (χ3n) is 4.03. The van der Waals surface area contributed by atoms with Crippen LogP contribution in [0.1, 0.15) is 56.1 Å². The van der Waals surface area contributed by atoms with E-state index in [-0.39, 0.29) is 6.04 Å². The van der Waals surface area contributed by atoms with Crippen LogP contribution in [0.15, 0.2) is 23.2 Å². The molecule has 2 aromatic rings. The maximum absolute atomic E-state index is 4.78. The van der Waals surface area contributed by atoms with E-state index in [1.165, 1.54) is 25.7 Å². The topological polar surface area (TPSA) is 42.7 Å². The van der Waals surface area contributed by atoms with Crippen molar-refractivity contribution in [3.63, 3.8) is 0 Å². The van der Waals surface area contributed by atoms with Gasteiger partial charge in [-0.15, -0.1) is 11.3 Å². The number of nitrogens with zero attached hydrogens (tertiary/aromatic N) is 3. The Hall–Kier alpha value is -1.20. The molecule has 108 valence electrons. The summed E-state index contributed by atoms with van der Waals surface area (Å²) in [5.74, 6) is 0. The van der Waals surface area contributed by atoms with Crippen LogP contribution in [0, 0.1) is 0 Å². The first-order chi connectivity index (χ1) is 9.86. The molecule has 20 heavy (non-hydrogen) atoms. The Kier molecular flexibility index (Phi) is 4.47. The van der Waals surface area contributed by atoms with Crippen molar-refractivity contribution in [1.82, 2.24) is 20.1 Å². The van der Waals surface area contributed by atoms with Crippen molar-refractivity contribution in [2.75, 3.05) is 6.54 Å². The minimum atomic E-state index is 0.276. The summed E-state index contributed by atoms with van der Waals surface area (Å²) in [5.41, 5.74) is 4.19. The molecule has 1 N–H and O–H groups in total. The number of rotatable bonds is 6. The van der Waals surface area contributed by atoms with Gasteiger partial charge in [-0.25, -0.2) is 4.98 Å². The summed E-state index contributed by atoms with van der Waals surface area (Å²) in [6, 6.07) is 3.06. The zero-order valence-corrected chi connectivity index (χ0v) is 12.8. The summed E-state index contributed by atoms with van der Waals surface area (Å²) >= 11 is 1.65. The van der Waals surface area contributed by atoms with Gasteiger partial charge in [-0.3, -0.25) is 4.68 Å². The fourth-order valence-corrected chi connectivity index (χ4v) is 3.60. The molecular formula is C15H22N4S. The number of hydrogen-bond acceptors (Lipinski definition) is 4. The smallest absolute Gasteiger partial charge is 0.0795 e. The average molecular weight is 290 g/mol. The second-order valence-electron chi connectivity index (χ2n) is 5.45. The van der Waals surface area contributed by atoms with Crippen molar-refractivity contribution in [1.29, 1.82) is 0 Å². The van der Waals surface area contributed by atoms with Gasteiger partial charge in [0.1, 0.15) is 0 Å². The van der Waals surface area contributed by atoms with Crippen LogP contribution in [0.3, 0.4) is 0 Å². The molecule has 0 aliphatic heterocycles. The second kappa shape index (κ2) is 6.50. The molecule has 1 atom stereocenters. The summed E-state index contributed by atoms with van der Waals surface area (Å²) in [7, 11) is 0. The first-order valence-electron chi connectivity index (χ1n) is 7.52. The fraction of sp³-hybridized carbons (Fsp3) is 0.600. The van der Waals surface area contributed by atoms with Crippen LogP contribution >= 0.6 is 11.3 Å². The van der Waals surface area contributed by atoms with Gasteiger partial charge in [0.2, 0.25) is 0 Å². The molecular weight excluding hydrogens is 268 g/mol.